The number of hydrogen-bond donors (Lipinski definition) is 1. The molecule has 0 spiro atoms. The standard InChI is InChI=1S/C14H24N4O/c1-3-8-19-13-9-11(2)16-14(17-13)18-7-5-4-6-12(18)10-15/h9,12H,3-8,10,15H2,1-2H3. The van der Waals surface area contributed by atoms with E-state index in [1.165, 1.54) is 12.8 Å². The predicted molar refractivity (Wildman–Crippen MR) is 76.6 cm³/mol. The second-order valence-electron chi connectivity index (χ2n) is 5.07. The van der Waals surface area contributed by atoms with Crippen LogP contribution in [0.3, 0.4) is 0 Å². The Morgan fingerprint density at radius 1 is 1.42 bits per heavy atom. The summed E-state index contributed by atoms with van der Waals surface area (Å²) in [6.07, 6.45) is 4.52. The quantitative estimate of drug-likeness (QED) is 0.880. The van der Waals surface area contributed by atoms with Crippen molar-refractivity contribution in [2.75, 3.05) is 24.6 Å². The van der Waals surface area contributed by atoms with E-state index in [4.69, 9.17) is 10.5 Å². The highest BCUT2D eigenvalue weighted by Crippen LogP contribution is 2.23. The molecule has 2 heterocycles. The second kappa shape index (κ2) is 6.70. The van der Waals surface area contributed by atoms with Crippen molar-refractivity contribution in [3.8, 4) is 5.88 Å². The summed E-state index contributed by atoms with van der Waals surface area (Å²) in [4.78, 5) is 11.3. The largest absolute Gasteiger partial charge is 0.478 e. The molecule has 0 radical (unpaired) electrons. The van der Waals surface area contributed by atoms with E-state index in [0.717, 1.165) is 31.0 Å². The highest BCUT2D eigenvalue weighted by Gasteiger charge is 2.24. The minimum Gasteiger partial charge on any atom is -0.478 e. The van der Waals surface area contributed by atoms with Crippen molar-refractivity contribution in [1.82, 2.24) is 9.97 Å². The Kier molecular flexibility index (Phi) is 4.96. The normalized spacial score (nSPS) is 19.5. The molecule has 0 aromatic carbocycles. The number of aromatic nitrogens is 2. The van der Waals surface area contributed by atoms with Gasteiger partial charge in [-0.2, -0.15) is 4.98 Å². The number of nitrogens with two attached hydrogens (primary N) is 1. The Morgan fingerprint density at radius 3 is 3.00 bits per heavy atom. The molecule has 106 valence electrons. The summed E-state index contributed by atoms with van der Waals surface area (Å²) in [7, 11) is 0. The third-order valence-corrected chi connectivity index (χ3v) is 3.43. The zero-order valence-electron chi connectivity index (χ0n) is 11.9. The minimum atomic E-state index is 0.356. The van der Waals surface area contributed by atoms with Crippen molar-refractivity contribution in [3.05, 3.63) is 11.8 Å². The Labute approximate surface area is 115 Å². The number of rotatable bonds is 5. The van der Waals surface area contributed by atoms with E-state index in [0.29, 0.717) is 25.1 Å². The Hall–Kier alpha value is -1.36. The first-order chi connectivity index (χ1) is 9.24. The molecule has 5 nitrogen and oxygen atoms in total. The van der Waals surface area contributed by atoms with Gasteiger partial charge in [0.05, 0.1) is 6.61 Å². The fraction of sp³-hybridized carbons (Fsp3) is 0.714. The summed E-state index contributed by atoms with van der Waals surface area (Å²) in [6.45, 7) is 6.40. The number of aryl methyl sites for hydroxylation is 1. The third-order valence-electron chi connectivity index (χ3n) is 3.43. The average molecular weight is 264 g/mol. The lowest BCUT2D eigenvalue weighted by atomic mass is 10.0. The third kappa shape index (κ3) is 3.56. The van der Waals surface area contributed by atoms with Crippen molar-refractivity contribution in [2.24, 2.45) is 5.73 Å². The second-order valence-corrected chi connectivity index (χ2v) is 5.07. The number of anilines is 1. The zero-order valence-corrected chi connectivity index (χ0v) is 11.9. The van der Waals surface area contributed by atoms with Gasteiger partial charge in [0.15, 0.2) is 0 Å². The Balaban J connectivity index is 2.19. The highest BCUT2D eigenvalue weighted by atomic mass is 16.5. The van der Waals surface area contributed by atoms with Gasteiger partial charge in [-0.3, -0.25) is 0 Å². The summed E-state index contributed by atoms with van der Waals surface area (Å²) in [5.41, 5.74) is 6.80. The smallest absolute Gasteiger partial charge is 0.229 e. The lowest BCUT2D eigenvalue weighted by Gasteiger charge is -2.35. The van der Waals surface area contributed by atoms with Crippen LogP contribution >= 0.6 is 0 Å². The lowest BCUT2D eigenvalue weighted by molar-refractivity contribution is 0.304. The first kappa shape index (κ1) is 14.1. The molecule has 1 aromatic heterocycles. The molecule has 1 aromatic rings. The van der Waals surface area contributed by atoms with Crippen LogP contribution in [0.1, 0.15) is 38.3 Å². The van der Waals surface area contributed by atoms with Crippen molar-refractivity contribution < 1.29 is 4.74 Å². The molecule has 0 aliphatic carbocycles. The Morgan fingerprint density at radius 2 is 2.26 bits per heavy atom. The van der Waals surface area contributed by atoms with Gasteiger partial charge in [0.25, 0.3) is 0 Å². The molecule has 1 aliphatic heterocycles. The Bertz CT molecular complexity index is 410. The molecule has 5 heteroatoms. The molecular formula is C14H24N4O. The van der Waals surface area contributed by atoms with Crippen molar-refractivity contribution in [1.29, 1.82) is 0 Å². The molecule has 1 saturated heterocycles. The summed E-state index contributed by atoms with van der Waals surface area (Å²) in [5.74, 6) is 1.44. The highest BCUT2D eigenvalue weighted by molar-refractivity contribution is 5.36. The first-order valence-electron chi connectivity index (χ1n) is 7.19. The van der Waals surface area contributed by atoms with Crippen LogP contribution in [0.4, 0.5) is 5.95 Å². The number of piperidine rings is 1. The average Bonchev–Trinajstić information content (AvgIpc) is 2.44. The van der Waals surface area contributed by atoms with Gasteiger partial charge in [0.2, 0.25) is 11.8 Å². The van der Waals surface area contributed by atoms with Gasteiger partial charge in [-0.25, -0.2) is 4.98 Å². The van der Waals surface area contributed by atoms with E-state index < -0.39 is 0 Å². The number of ether oxygens (including phenoxy) is 1. The molecule has 1 fully saturated rings. The van der Waals surface area contributed by atoms with Crippen LogP contribution in [-0.4, -0.2) is 35.7 Å². The lowest BCUT2D eigenvalue weighted by Crippen LogP contribution is -2.45. The van der Waals surface area contributed by atoms with E-state index >= 15 is 0 Å². The van der Waals surface area contributed by atoms with Gasteiger partial charge < -0.3 is 15.4 Å². The first-order valence-corrected chi connectivity index (χ1v) is 7.19. The minimum absolute atomic E-state index is 0.356. The van der Waals surface area contributed by atoms with Gasteiger partial charge in [-0.05, 0) is 32.6 Å². The number of nitrogens with zero attached hydrogens (tertiary/aromatic N) is 3. The fourth-order valence-electron chi connectivity index (χ4n) is 2.44. The molecule has 2 N–H and O–H groups in total. The van der Waals surface area contributed by atoms with Crippen LogP contribution in [-0.2, 0) is 0 Å². The molecule has 2 rings (SSSR count). The predicted octanol–water partition coefficient (Wildman–Crippen LogP) is 1.89. The van der Waals surface area contributed by atoms with Gasteiger partial charge in [-0.15, -0.1) is 0 Å². The SMILES string of the molecule is CCCOc1cc(C)nc(N2CCCCC2CN)n1. The van der Waals surface area contributed by atoms with Gasteiger partial charge in [0, 0.05) is 30.9 Å². The molecular weight excluding hydrogens is 240 g/mol. The molecule has 0 saturated carbocycles. The van der Waals surface area contributed by atoms with Gasteiger partial charge >= 0.3 is 0 Å². The summed E-state index contributed by atoms with van der Waals surface area (Å²) >= 11 is 0. The van der Waals surface area contributed by atoms with Crippen molar-refractivity contribution in [2.45, 2.75) is 45.6 Å². The van der Waals surface area contributed by atoms with Crippen LogP contribution in [0.15, 0.2) is 6.07 Å². The summed E-state index contributed by atoms with van der Waals surface area (Å²) < 4.78 is 5.63. The van der Waals surface area contributed by atoms with E-state index in [9.17, 15) is 0 Å². The van der Waals surface area contributed by atoms with Gasteiger partial charge in [-0.1, -0.05) is 6.92 Å². The van der Waals surface area contributed by atoms with E-state index in [1.54, 1.807) is 0 Å². The van der Waals surface area contributed by atoms with E-state index in [2.05, 4.69) is 21.8 Å². The van der Waals surface area contributed by atoms with Crippen LogP contribution in [0.25, 0.3) is 0 Å². The topological polar surface area (TPSA) is 64.3 Å². The van der Waals surface area contributed by atoms with Crippen LogP contribution in [0.5, 0.6) is 5.88 Å². The van der Waals surface area contributed by atoms with Crippen LogP contribution < -0.4 is 15.4 Å². The van der Waals surface area contributed by atoms with Crippen molar-refractivity contribution in [3.63, 3.8) is 0 Å². The van der Waals surface area contributed by atoms with E-state index in [1.807, 2.05) is 13.0 Å². The molecule has 1 atom stereocenters. The zero-order chi connectivity index (χ0) is 13.7. The molecule has 1 unspecified atom stereocenters. The fourth-order valence-corrected chi connectivity index (χ4v) is 2.44. The summed E-state index contributed by atoms with van der Waals surface area (Å²) in [6, 6.07) is 2.25. The number of hydrogen-bond acceptors (Lipinski definition) is 5. The summed E-state index contributed by atoms with van der Waals surface area (Å²) in [5, 5.41) is 0. The maximum atomic E-state index is 5.86. The maximum Gasteiger partial charge on any atom is 0.229 e. The molecule has 0 bridgehead atoms. The monoisotopic (exact) mass is 264 g/mol. The maximum absolute atomic E-state index is 5.86. The van der Waals surface area contributed by atoms with Crippen LogP contribution in [0.2, 0.25) is 0 Å². The van der Waals surface area contributed by atoms with Crippen molar-refractivity contribution >= 4 is 5.95 Å². The van der Waals surface area contributed by atoms with Crippen LogP contribution in [0, 0.1) is 6.92 Å². The molecule has 19 heavy (non-hydrogen) atoms. The molecule has 0 amide bonds. The van der Waals surface area contributed by atoms with E-state index in [-0.39, 0.29) is 0 Å². The van der Waals surface area contributed by atoms with Gasteiger partial charge in [0.1, 0.15) is 0 Å². The molecule has 1 aliphatic rings.